The maximum Gasteiger partial charge on any atom is 0.326 e. The van der Waals surface area contributed by atoms with Gasteiger partial charge in [0.05, 0.1) is 0 Å². The monoisotopic (exact) mass is 387 g/mol. The van der Waals surface area contributed by atoms with Crippen molar-refractivity contribution in [3.8, 4) is 11.5 Å². The third-order valence-electron chi connectivity index (χ3n) is 4.65. The van der Waals surface area contributed by atoms with Crippen molar-refractivity contribution in [1.29, 1.82) is 0 Å². The standard InChI is InChI=1S/C17H24N2O5.CH3Cl/c18-15(11-4-2-1-3-5-11)16(22)19-12(17(23)24)8-10-6-7-13(20)14(21)9-10;1-2/h6-7,9,11-12,15,20-21H,1-5,8,18H2,(H,19,22)(H,23,24);1H3/p+1/t12?,15-;/m0./s1. The van der Waals surface area contributed by atoms with E-state index >= 15 is 0 Å². The fourth-order valence-corrected chi connectivity index (χ4v) is 3.16. The molecule has 0 saturated heterocycles. The number of carbonyl (C=O) groups excluding carboxylic acids is 1. The topological polar surface area (TPSA) is 134 Å². The largest absolute Gasteiger partial charge is 0.504 e. The fraction of sp³-hybridized carbons (Fsp3) is 0.556. The number of rotatable bonds is 6. The van der Waals surface area contributed by atoms with Crippen molar-refractivity contribution in [1.82, 2.24) is 5.32 Å². The van der Waals surface area contributed by atoms with Crippen LogP contribution in [0.4, 0.5) is 0 Å². The van der Waals surface area contributed by atoms with Gasteiger partial charge in [0.25, 0.3) is 5.91 Å². The molecule has 0 aliphatic heterocycles. The Morgan fingerprint density at radius 1 is 1.19 bits per heavy atom. The van der Waals surface area contributed by atoms with Crippen LogP contribution >= 0.6 is 11.6 Å². The number of quaternary nitrogens is 1. The Kier molecular flexibility index (Phi) is 9.23. The number of phenolic OH excluding ortho intramolecular Hbond substituents is 2. The summed E-state index contributed by atoms with van der Waals surface area (Å²) in [7, 11) is 0. The summed E-state index contributed by atoms with van der Waals surface area (Å²) in [5.41, 5.74) is 4.44. The molecule has 1 fully saturated rings. The van der Waals surface area contributed by atoms with Crippen molar-refractivity contribution in [3.63, 3.8) is 0 Å². The first-order chi connectivity index (χ1) is 12.4. The highest BCUT2D eigenvalue weighted by Crippen LogP contribution is 2.26. The molecule has 8 heteroatoms. The summed E-state index contributed by atoms with van der Waals surface area (Å²) < 4.78 is 0. The summed E-state index contributed by atoms with van der Waals surface area (Å²) in [5, 5.41) is 30.7. The van der Waals surface area contributed by atoms with Gasteiger partial charge in [-0.05, 0) is 30.5 Å². The number of hydrogen-bond acceptors (Lipinski definition) is 4. The molecule has 146 valence electrons. The van der Waals surface area contributed by atoms with E-state index in [1.54, 1.807) is 0 Å². The lowest BCUT2D eigenvalue weighted by atomic mass is 9.84. The summed E-state index contributed by atoms with van der Waals surface area (Å²) in [6, 6.07) is 2.53. The number of amides is 1. The maximum absolute atomic E-state index is 12.3. The highest BCUT2D eigenvalue weighted by Gasteiger charge is 2.32. The second kappa shape index (κ2) is 10.9. The molecular formula is C18H28ClN2O5+. The molecule has 1 amide bonds. The highest BCUT2D eigenvalue weighted by molar-refractivity contribution is 6.15. The second-order valence-electron chi connectivity index (χ2n) is 6.43. The van der Waals surface area contributed by atoms with Crippen LogP contribution in [0.2, 0.25) is 0 Å². The van der Waals surface area contributed by atoms with Crippen LogP contribution in [0.1, 0.15) is 37.7 Å². The Hall–Kier alpha value is -1.99. The molecule has 0 spiro atoms. The van der Waals surface area contributed by atoms with Gasteiger partial charge in [0, 0.05) is 18.7 Å². The number of carboxylic acids is 1. The van der Waals surface area contributed by atoms with Gasteiger partial charge in [-0.3, -0.25) is 4.79 Å². The van der Waals surface area contributed by atoms with Gasteiger partial charge >= 0.3 is 5.97 Å². The number of carbonyl (C=O) groups is 2. The predicted molar refractivity (Wildman–Crippen MR) is 98.1 cm³/mol. The average molecular weight is 388 g/mol. The Bertz CT molecular complexity index is 605. The van der Waals surface area contributed by atoms with E-state index < -0.39 is 18.1 Å². The summed E-state index contributed by atoms with van der Waals surface area (Å²) in [6.07, 6.45) is 6.73. The maximum atomic E-state index is 12.3. The molecule has 7 nitrogen and oxygen atoms in total. The van der Waals surface area contributed by atoms with Crippen molar-refractivity contribution in [3.05, 3.63) is 23.8 Å². The molecule has 0 aromatic heterocycles. The summed E-state index contributed by atoms with van der Waals surface area (Å²) in [5.74, 6) is -1.89. The zero-order valence-corrected chi connectivity index (χ0v) is 15.7. The van der Waals surface area contributed by atoms with Crippen LogP contribution in [0.25, 0.3) is 0 Å². The first-order valence-electron chi connectivity index (χ1n) is 8.63. The normalized spacial score (nSPS) is 16.7. The van der Waals surface area contributed by atoms with Crippen LogP contribution < -0.4 is 11.1 Å². The fourth-order valence-electron chi connectivity index (χ4n) is 3.16. The van der Waals surface area contributed by atoms with E-state index in [0.29, 0.717) is 5.56 Å². The van der Waals surface area contributed by atoms with Gasteiger partial charge in [-0.15, -0.1) is 11.6 Å². The minimum Gasteiger partial charge on any atom is -0.504 e. The number of hydrogen-bond donors (Lipinski definition) is 5. The molecule has 0 bridgehead atoms. The van der Waals surface area contributed by atoms with E-state index in [2.05, 4.69) is 22.7 Å². The van der Waals surface area contributed by atoms with E-state index in [9.17, 15) is 24.9 Å². The van der Waals surface area contributed by atoms with E-state index in [-0.39, 0.29) is 29.7 Å². The lowest BCUT2D eigenvalue weighted by Gasteiger charge is -2.25. The van der Waals surface area contributed by atoms with Crippen molar-refractivity contribution < 1.29 is 30.6 Å². The molecule has 1 saturated carbocycles. The van der Waals surface area contributed by atoms with Crippen LogP contribution in [0.5, 0.6) is 11.5 Å². The quantitative estimate of drug-likeness (QED) is 0.370. The molecule has 0 radical (unpaired) electrons. The number of aliphatic carboxylic acids is 1. The zero-order valence-electron chi connectivity index (χ0n) is 14.9. The molecule has 1 aromatic carbocycles. The molecule has 1 aromatic rings. The molecule has 2 atom stereocenters. The SMILES string of the molecule is CCl.[NH3+][C@H](C(=O)NC(Cc1ccc(O)c(O)c1)C(=O)O)C1CCCCC1. The van der Waals surface area contributed by atoms with Gasteiger partial charge in [-0.1, -0.05) is 25.3 Å². The summed E-state index contributed by atoms with van der Waals surface area (Å²) in [4.78, 5) is 23.8. The van der Waals surface area contributed by atoms with E-state index in [0.717, 1.165) is 25.7 Å². The molecule has 7 N–H and O–H groups in total. The Morgan fingerprint density at radius 2 is 1.81 bits per heavy atom. The lowest BCUT2D eigenvalue weighted by molar-refractivity contribution is -0.418. The van der Waals surface area contributed by atoms with Crippen molar-refractivity contribution in [2.45, 2.75) is 50.6 Å². The second-order valence-corrected chi connectivity index (χ2v) is 6.43. The Balaban J connectivity index is 0.00000163. The molecule has 0 heterocycles. The first kappa shape index (κ1) is 22.1. The summed E-state index contributed by atoms with van der Waals surface area (Å²) >= 11 is 4.64. The number of aromatic hydroxyl groups is 2. The van der Waals surface area contributed by atoms with Crippen molar-refractivity contribution >= 4 is 23.5 Å². The molecule has 1 aliphatic carbocycles. The molecule has 1 unspecified atom stereocenters. The van der Waals surface area contributed by atoms with Gasteiger partial charge in [-0.2, -0.15) is 0 Å². The Labute approximate surface area is 158 Å². The molecule has 2 rings (SSSR count). The van der Waals surface area contributed by atoms with Crippen LogP contribution in [0.15, 0.2) is 18.2 Å². The number of carboxylic acid groups (broad SMARTS) is 1. The number of benzene rings is 1. The zero-order chi connectivity index (χ0) is 19.7. The van der Waals surface area contributed by atoms with Crippen molar-refractivity contribution in [2.24, 2.45) is 5.92 Å². The highest BCUT2D eigenvalue weighted by atomic mass is 35.5. The van der Waals surface area contributed by atoms with Gasteiger partial charge in [0.2, 0.25) is 0 Å². The molecule has 1 aliphatic rings. The van der Waals surface area contributed by atoms with Gasteiger partial charge < -0.3 is 26.4 Å². The van der Waals surface area contributed by atoms with Gasteiger partial charge in [0.1, 0.15) is 6.04 Å². The van der Waals surface area contributed by atoms with Crippen LogP contribution in [-0.4, -0.2) is 45.7 Å². The smallest absolute Gasteiger partial charge is 0.326 e. The lowest BCUT2D eigenvalue weighted by Crippen LogP contribution is -2.71. The average Bonchev–Trinajstić information content (AvgIpc) is 2.65. The number of nitrogens with one attached hydrogen (secondary N) is 1. The van der Waals surface area contributed by atoms with Gasteiger partial charge in [0.15, 0.2) is 17.5 Å². The number of halogens is 1. The van der Waals surface area contributed by atoms with Gasteiger partial charge in [-0.25, -0.2) is 4.79 Å². The molecule has 26 heavy (non-hydrogen) atoms. The number of phenols is 2. The Morgan fingerprint density at radius 3 is 2.35 bits per heavy atom. The first-order valence-corrected chi connectivity index (χ1v) is 9.39. The minimum atomic E-state index is -1.15. The molecular weight excluding hydrogens is 360 g/mol. The van der Waals surface area contributed by atoms with E-state index in [1.165, 1.54) is 31.0 Å². The minimum absolute atomic E-state index is 0.0201. The third kappa shape index (κ3) is 6.38. The van der Waals surface area contributed by atoms with Crippen LogP contribution in [0.3, 0.4) is 0 Å². The van der Waals surface area contributed by atoms with E-state index in [1.807, 2.05) is 0 Å². The van der Waals surface area contributed by atoms with E-state index in [4.69, 9.17) is 0 Å². The summed E-state index contributed by atoms with van der Waals surface area (Å²) in [6.45, 7) is 0. The number of alkyl halides is 1. The third-order valence-corrected chi connectivity index (χ3v) is 4.65. The van der Waals surface area contributed by atoms with Crippen molar-refractivity contribution in [2.75, 3.05) is 6.38 Å². The predicted octanol–water partition coefficient (Wildman–Crippen LogP) is 1.26. The van der Waals surface area contributed by atoms with Crippen LogP contribution in [0, 0.1) is 5.92 Å². The van der Waals surface area contributed by atoms with Crippen LogP contribution in [-0.2, 0) is 16.0 Å².